The fraction of sp³-hybridized carbons (Fsp3) is 0.579. The molecule has 1 aromatic rings. The van der Waals surface area contributed by atoms with E-state index in [0.717, 1.165) is 30.6 Å². The van der Waals surface area contributed by atoms with Gasteiger partial charge in [0.25, 0.3) is 0 Å². The molecular formula is C19H26N2O4S2. The molecule has 6 nitrogen and oxygen atoms in total. The molecule has 0 aromatic heterocycles. The van der Waals surface area contributed by atoms with Crippen LogP contribution in [0, 0.1) is 5.92 Å². The molecule has 0 unspecified atom stereocenters. The highest BCUT2D eigenvalue weighted by Gasteiger charge is 2.28. The van der Waals surface area contributed by atoms with E-state index < -0.39 is 15.8 Å². The van der Waals surface area contributed by atoms with Crippen molar-refractivity contribution < 1.29 is 18.0 Å². The molecule has 27 heavy (non-hydrogen) atoms. The summed E-state index contributed by atoms with van der Waals surface area (Å²) in [4.78, 5) is 25.2. The summed E-state index contributed by atoms with van der Waals surface area (Å²) >= 11 is 1.41. The number of hydrogen-bond donors (Lipinski definition) is 2. The number of sulfone groups is 1. The number of benzene rings is 1. The van der Waals surface area contributed by atoms with Gasteiger partial charge in [-0.2, -0.15) is 0 Å². The topological polar surface area (TPSA) is 92.3 Å². The Kier molecular flexibility index (Phi) is 6.15. The lowest BCUT2D eigenvalue weighted by atomic mass is 9.95. The molecule has 2 atom stereocenters. The minimum absolute atomic E-state index is 0.133. The molecule has 1 aromatic carbocycles. The maximum absolute atomic E-state index is 12.8. The van der Waals surface area contributed by atoms with Gasteiger partial charge in [-0.3, -0.25) is 9.59 Å². The van der Waals surface area contributed by atoms with Gasteiger partial charge in [-0.15, -0.1) is 11.8 Å². The van der Waals surface area contributed by atoms with Gasteiger partial charge in [0.05, 0.1) is 21.6 Å². The van der Waals surface area contributed by atoms with E-state index in [9.17, 15) is 18.0 Å². The molecule has 0 bridgehead atoms. The molecule has 2 amide bonds. The number of nitrogens with one attached hydrogen (secondary N) is 2. The van der Waals surface area contributed by atoms with Crippen LogP contribution >= 0.6 is 11.8 Å². The highest BCUT2D eigenvalue weighted by molar-refractivity contribution is 8.01. The standard InChI is InChI=1S/C19H26N2O4S2/c1-12(18(22)20-14-6-4-3-5-7-14)11-27(24,25)15-8-9-17-16(10-15)21-19(23)13(2)26-17/h8-10,12-14H,3-7,11H2,1-2H3,(H,20,22)(H,21,23)/t12-,13-/m0/s1. The third-order valence-electron chi connectivity index (χ3n) is 5.11. The molecule has 2 aliphatic rings. The van der Waals surface area contributed by atoms with Crippen molar-refractivity contribution in [1.82, 2.24) is 5.32 Å². The third-order valence-corrected chi connectivity index (χ3v) is 8.20. The number of hydrogen-bond acceptors (Lipinski definition) is 5. The highest BCUT2D eigenvalue weighted by atomic mass is 32.2. The van der Waals surface area contributed by atoms with Crippen LogP contribution in [-0.2, 0) is 19.4 Å². The quantitative estimate of drug-likeness (QED) is 0.779. The summed E-state index contributed by atoms with van der Waals surface area (Å²) in [6.45, 7) is 3.45. The number of carbonyl (C=O) groups excluding carboxylic acids is 2. The van der Waals surface area contributed by atoms with Crippen molar-refractivity contribution in [2.24, 2.45) is 5.92 Å². The van der Waals surface area contributed by atoms with Crippen LogP contribution in [0.4, 0.5) is 5.69 Å². The molecule has 1 fully saturated rings. The van der Waals surface area contributed by atoms with Gasteiger partial charge in [-0.1, -0.05) is 26.2 Å². The Hall–Kier alpha value is -1.54. The lowest BCUT2D eigenvalue weighted by Gasteiger charge is -2.24. The van der Waals surface area contributed by atoms with Crippen molar-refractivity contribution in [2.45, 2.75) is 67.0 Å². The molecule has 148 valence electrons. The monoisotopic (exact) mass is 410 g/mol. The van der Waals surface area contributed by atoms with Gasteiger partial charge in [0, 0.05) is 16.9 Å². The summed E-state index contributed by atoms with van der Waals surface area (Å²) in [7, 11) is -3.63. The smallest absolute Gasteiger partial charge is 0.237 e. The summed E-state index contributed by atoms with van der Waals surface area (Å²) < 4.78 is 25.5. The highest BCUT2D eigenvalue weighted by Crippen LogP contribution is 2.37. The predicted octanol–water partition coefficient (Wildman–Crippen LogP) is 2.98. The zero-order valence-corrected chi connectivity index (χ0v) is 17.3. The number of thioether (sulfide) groups is 1. The normalized spacial score (nSPS) is 21.9. The van der Waals surface area contributed by atoms with E-state index in [4.69, 9.17) is 0 Å². The molecule has 3 rings (SSSR count). The zero-order valence-electron chi connectivity index (χ0n) is 15.7. The third kappa shape index (κ3) is 4.85. The van der Waals surface area contributed by atoms with E-state index >= 15 is 0 Å². The van der Waals surface area contributed by atoms with Crippen molar-refractivity contribution in [1.29, 1.82) is 0 Å². The van der Waals surface area contributed by atoms with Crippen molar-refractivity contribution in [3.8, 4) is 0 Å². The molecular weight excluding hydrogens is 384 g/mol. The first-order valence-electron chi connectivity index (χ1n) is 9.41. The van der Waals surface area contributed by atoms with Crippen LogP contribution < -0.4 is 10.6 Å². The Balaban J connectivity index is 1.68. The molecule has 1 aliphatic heterocycles. The van der Waals surface area contributed by atoms with E-state index in [1.165, 1.54) is 24.2 Å². The van der Waals surface area contributed by atoms with E-state index in [1.54, 1.807) is 26.0 Å². The number of carbonyl (C=O) groups is 2. The number of fused-ring (bicyclic) bond motifs is 1. The van der Waals surface area contributed by atoms with Crippen LogP contribution in [0.3, 0.4) is 0 Å². The Morgan fingerprint density at radius 1 is 1.30 bits per heavy atom. The van der Waals surface area contributed by atoms with Gasteiger partial charge in [0.1, 0.15) is 0 Å². The van der Waals surface area contributed by atoms with Gasteiger partial charge in [0.2, 0.25) is 11.8 Å². The van der Waals surface area contributed by atoms with Crippen LogP contribution in [0.15, 0.2) is 28.0 Å². The molecule has 8 heteroatoms. The minimum Gasteiger partial charge on any atom is -0.353 e. The number of anilines is 1. The molecule has 2 N–H and O–H groups in total. The van der Waals surface area contributed by atoms with Gasteiger partial charge >= 0.3 is 0 Å². The van der Waals surface area contributed by atoms with Crippen LogP contribution in [0.5, 0.6) is 0 Å². The maximum Gasteiger partial charge on any atom is 0.237 e. The van der Waals surface area contributed by atoms with Crippen LogP contribution in [0.2, 0.25) is 0 Å². The largest absolute Gasteiger partial charge is 0.353 e. The number of rotatable bonds is 5. The first-order valence-corrected chi connectivity index (χ1v) is 11.9. The summed E-state index contributed by atoms with van der Waals surface area (Å²) in [5.74, 6) is -1.22. The van der Waals surface area contributed by atoms with Gasteiger partial charge in [0.15, 0.2) is 9.84 Å². The van der Waals surface area contributed by atoms with Crippen LogP contribution in [0.25, 0.3) is 0 Å². The first-order chi connectivity index (χ1) is 12.8. The summed E-state index contributed by atoms with van der Waals surface area (Å²) in [5, 5.41) is 5.53. The molecule has 0 spiro atoms. The lowest BCUT2D eigenvalue weighted by Crippen LogP contribution is -2.41. The van der Waals surface area contributed by atoms with Crippen molar-refractivity contribution >= 4 is 39.1 Å². The van der Waals surface area contributed by atoms with Crippen LogP contribution in [0.1, 0.15) is 46.0 Å². The van der Waals surface area contributed by atoms with E-state index in [2.05, 4.69) is 10.6 Å². The Morgan fingerprint density at radius 2 is 2.00 bits per heavy atom. The lowest BCUT2D eigenvalue weighted by molar-refractivity contribution is -0.124. The maximum atomic E-state index is 12.8. The fourth-order valence-electron chi connectivity index (χ4n) is 3.47. The summed E-state index contributed by atoms with van der Waals surface area (Å²) in [6, 6.07) is 4.93. The number of amides is 2. The second-order valence-corrected chi connectivity index (χ2v) is 10.9. The molecule has 1 saturated carbocycles. The minimum atomic E-state index is -3.63. The fourth-order valence-corrected chi connectivity index (χ4v) is 5.98. The Morgan fingerprint density at radius 3 is 2.70 bits per heavy atom. The van der Waals surface area contributed by atoms with Gasteiger partial charge < -0.3 is 10.6 Å². The van der Waals surface area contributed by atoms with Gasteiger partial charge in [-0.25, -0.2) is 8.42 Å². The second kappa shape index (κ2) is 8.22. The van der Waals surface area contributed by atoms with E-state index in [0.29, 0.717) is 5.69 Å². The van der Waals surface area contributed by atoms with Crippen molar-refractivity contribution in [3.63, 3.8) is 0 Å². The van der Waals surface area contributed by atoms with E-state index in [1.807, 2.05) is 0 Å². The Labute approximate surface area is 164 Å². The first kappa shape index (κ1) is 20.2. The zero-order chi connectivity index (χ0) is 19.6. The molecule has 1 aliphatic carbocycles. The molecule has 1 heterocycles. The summed E-state index contributed by atoms with van der Waals surface area (Å²) in [6.07, 6.45) is 5.34. The average Bonchev–Trinajstić information content (AvgIpc) is 2.62. The van der Waals surface area contributed by atoms with E-state index in [-0.39, 0.29) is 33.8 Å². The second-order valence-electron chi connectivity index (χ2n) is 7.43. The molecule has 0 radical (unpaired) electrons. The van der Waals surface area contributed by atoms with Crippen molar-refractivity contribution in [3.05, 3.63) is 18.2 Å². The van der Waals surface area contributed by atoms with Gasteiger partial charge in [-0.05, 0) is 38.0 Å². The SMILES string of the molecule is C[C@@H]1Sc2ccc(S(=O)(=O)C[C@H](C)C(=O)NC3CCCCC3)cc2NC1=O. The van der Waals surface area contributed by atoms with Crippen molar-refractivity contribution in [2.75, 3.05) is 11.1 Å². The van der Waals surface area contributed by atoms with Crippen LogP contribution in [-0.4, -0.2) is 37.3 Å². The average molecular weight is 411 g/mol. The summed E-state index contributed by atoms with van der Waals surface area (Å²) in [5.41, 5.74) is 0.517. The molecule has 0 saturated heterocycles. The predicted molar refractivity (Wildman–Crippen MR) is 107 cm³/mol. The Bertz CT molecular complexity index is 832.